The van der Waals surface area contributed by atoms with Crippen LogP contribution in [0.2, 0.25) is 0 Å². The quantitative estimate of drug-likeness (QED) is 0.810. The van der Waals surface area contributed by atoms with Crippen LogP contribution in [0.15, 0.2) is 16.3 Å². The molecule has 0 bridgehead atoms. The van der Waals surface area contributed by atoms with Gasteiger partial charge in [0.1, 0.15) is 9.77 Å². The van der Waals surface area contributed by atoms with Crippen molar-refractivity contribution in [2.45, 2.75) is 24.7 Å². The molecular weight excluding hydrogens is 358 g/mol. The van der Waals surface area contributed by atoms with E-state index in [1.807, 2.05) is 0 Å². The molecule has 1 aliphatic rings. The van der Waals surface area contributed by atoms with Gasteiger partial charge in [0.25, 0.3) is 5.91 Å². The Kier molecular flexibility index (Phi) is 7.03. The highest BCUT2D eigenvalue weighted by molar-refractivity contribution is 7.89. The number of piperidine rings is 1. The molecule has 0 radical (unpaired) electrons. The standard InChI is InChI=1S/C14H23N3O3S2.ClH/c1-14(5-7-15-8-6-14)10-16-13(18)12-11(4-9-21-12)22(19,20)17(2)3;/h4,9,15H,5-8,10H2,1-3H3,(H,16,18);1H. The maximum atomic E-state index is 12.4. The van der Waals surface area contributed by atoms with Crippen LogP contribution in [0.25, 0.3) is 0 Å². The van der Waals surface area contributed by atoms with E-state index in [-0.39, 0.29) is 33.5 Å². The van der Waals surface area contributed by atoms with Crippen molar-refractivity contribution < 1.29 is 13.2 Å². The lowest BCUT2D eigenvalue weighted by atomic mass is 9.81. The van der Waals surface area contributed by atoms with Gasteiger partial charge in [-0.3, -0.25) is 4.79 Å². The Hall–Kier alpha value is -0.670. The van der Waals surface area contributed by atoms with Crippen LogP contribution < -0.4 is 10.6 Å². The largest absolute Gasteiger partial charge is 0.351 e. The Bertz CT molecular complexity index is 637. The maximum Gasteiger partial charge on any atom is 0.262 e. The third-order valence-corrected chi connectivity index (χ3v) is 6.98. The average Bonchev–Trinajstić information content (AvgIpc) is 2.95. The van der Waals surface area contributed by atoms with Crippen LogP contribution in [0, 0.1) is 5.41 Å². The highest BCUT2D eigenvalue weighted by Gasteiger charge is 2.29. The monoisotopic (exact) mass is 381 g/mol. The minimum atomic E-state index is -3.59. The Morgan fingerprint density at radius 1 is 1.39 bits per heavy atom. The van der Waals surface area contributed by atoms with Gasteiger partial charge in [-0.2, -0.15) is 0 Å². The summed E-state index contributed by atoms with van der Waals surface area (Å²) in [5.41, 5.74) is 0.0682. The Labute approximate surface area is 148 Å². The van der Waals surface area contributed by atoms with Crippen molar-refractivity contribution in [3.05, 3.63) is 16.3 Å². The zero-order valence-electron chi connectivity index (χ0n) is 13.6. The van der Waals surface area contributed by atoms with E-state index in [2.05, 4.69) is 17.6 Å². The third kappa shape index (κ3) is 4.67. The van der Waals surface area contributed by atoms with Gasteiger partial charge in [-0.1, -0.05) is 6.92 Å². The van der Waals surface area contributed by atoms with E-state index in [0.29, 0.717) is 6.54 Å². The molecule has 2 heterocycles. The number of hydrogen-bond donors (Lipinski definition) is 2. The maximum absolute atomic E-state index is 12.4. The molecule has 0 aliphatic carbocycles. The molecule has 1 aromatic rings. The SMILES string of the molecule is CN(C)S(=O)(=O)c1ccsc1C(=O)NCC1(C)CCNCC1.Cl. The number of carbonyl (C=O) groups is 1. The van der Waals surface area contributed by atoms with Crippen molar-refractivity contribution >= 4 is 39.7 Å². The molecular formula is C14H24ClN3O3S2. The lowest BCUT2D eigenvalue weighted by Crippen LogP contribution is -2.43. The molecule has 1 fully saturated rings. The number of carbonyl (C=O) groups excluding carboxylic acids is 1. The summed E-state index contributed by atoms with van der Waals surface area (Å²) in [6.45, 7) is 4.62. The van der Waals surface area contributed by atoms with Crippen molar-refractivity contribution in [3.8, 4) is 0 Å². The van der Waals surface area contributed by atoms with Gasteiger partial charge in [0, 0.05) is 20.6 Å². The van der Waals surface area contributed by atoms with Crippen LogP contribution in [-0.2, 0) is 10.0 Å². The summed E-state index contributed by atoms with van der Waals surface area (Å²) in [7, 11) is -0.669. The summed E-state index contributed by atoms with van der Waals surface area (Å²) >= 11 is 1.16. The fourth-order valence-corrected chi connectivity index (χ4v) is 4.65. The second-order valence-corrected chi connectivity index (χ2v) is 9.18. The van der Waals surface area contributed by atoms with Crippen LogP contribution in [0.1, 0.15) is 29.4 Å². The summed E-state index contributed by atoms with van der Waals surface area (Å²) in [6.07, 6.45) is 2.00. The van der Waals surface area contributed by atoms with Crippen molar-refractivity contribution in [1.82, 2.24) is 14.9 Å². The van der Waals surface area contributed by atoms with Crippen molar-refractivity contribution in [3.63, 3.8) is 0 Å². The fourth-order valence-electron chi connectivity index (χ4n) is 2.44. The molecule has 0 aromatic carbocycles. The predicted molar refractivity (Wildman–Crippen MR) is 95.0 cm³/mol. The first-order chi connectivity index (χ1) is 10.3. The van der Waals surface area contributed by atoms with Gasteiger partial charge in [-0.25, -0.2) is 12.7 Å². The molecule has 1 aliphatic heterocycles. The number of nitrogens with zero attached hydrogens (tertiary/aromatic N) is 1. The lowest BCUT2D eigenvalue weighted by Gasteiger charge is -2.34. The molecule has 23 heavy (non-hydrogen) atoms. The predicted octanol–water partition coefficient (Wildman–Crippen LogP) is 1.54. The van der Waals surface area contributed by atoms with Gasteiger partial charge >= 0.3 is 0 Å². The molecule has 1 aromatic heterocycles. The van der Waals surface area contributed by atoms with Crippen molar-refractivity contribution in [2.24, 2.45) is 5.41 Å². The van der Waals surface area contributed by atoms with Crippen molar-refractivity contribution in [1.29, 1.82) is 0 Å². The summed E-state index contributed by atoms with van der Waals surface area (Å²) in [5, 5.41) is 7.85. The number of nitrogens with one attached hydrogen (secondary N) is 2. The van der Waals surface area contributed by atoms with Gasteiger partial charge in [0.2, 0.25) is 10.0 Å². The highest BCUT2D eigenvalue weighted by Crippen LogP contribution is 2.28. The Balaban J connectivity index is 0.00000264. The van der Waals surface area contributed by atoms with Crippen molar-refractivity contribution in [2.75, 3.05) is 33.7 Å². The molecule has 0 spiro atoms. The van der Waals surface area contributed by atoms with E-state index < -0.39 is 10.0 Å². The first kappa shape index (κ1) is 20.4. The van der Waals surface area contributed by atoms with Gasteiger partial charge in [-0.05, 0) is 42.8 Å². The summed E-state index contributed by atoms with van der Waals surface area (Å²) < 4.78 is 25.6. The van der Waals surface area contributed by atoms with E-state index in [9.17, 15) is 13.2 Å². The van der Waals surface area contributed by atoms with E-state index >= 15 is 0 Å². The first-order valence-electron chi connectivity index (χ1n) is 7.25. The van der Waals surface area contributed by atoms with Crippen LogP contribution >= 0.6 is 23.7 Å². The van der Waals surface area contributed by atoms with E-state index in [0.717, 1.165) is 41.6 Å². The number of thiophene rings is 1. The zero-order valence-corrected chi connectivity index (χ0v) is 16.0. The van der Waals surface area contributed by atoms with Gasteiger partial charge in [0.15, 0.2) is 0 Å². The summed E-state index contributed by atoms with van der Waals surface area (Å²) in [4.78, 5) is 12.7. The number of halogens is 1. The number of amides is 1. The van der Waals surface area contributed by atoms with Crippen LogP contribution in [0.4, 0.5) is 0 Å². The molecule has 1 amide bonds. The van der Waals surface area contributed by atoms with E-state index in [1.165, 1.54) is 20.2 Å². The lowest BCUT2D eigenvalue weighted by molar-refractivity contribution is 0.0923. The molecule has 132 valence electrons. The van der Waals surface area contributed by atoms with E-state index in [1.54, 1.807) is 5.38 Å². The number of hydrogen-bond acceptors (Lipinski definition) is 5. The van der Waals surface area contributed by atoms with Gasteiger partial charge in [0.05, 0.1) is 0 Å². The molecule has 9 heteroatoms. The summed E-state index contributed by atoms with van der Waals surface area (Å²) in [5.74, 6) is -0.310. The fraction of sp³-hybridized carbons (Fsp3) is 0.643. The number of sulfonamides is 1. The molecule has 1 saturated heterocycles. The Morgan fingerprint density at radius 3 is 2.57 bits per heavy atom. The van der Waals surface area contributed by atoms with Crippen LogP contribution in [-0.4, -0.2) is 52.4 Å². The molecule has 0 saturated carbocycles. The smallest absolute Gasteiger partial charge is 0.262 e. The average molecular weight is 382 g/mol. The molecule has 2 rings (SSSR count). The molecule has 6 nitrogen and oxygen atoms in total. The second kappa shape index (κ2) is 7.94. The van der Waals surface area contributed by atoms with E-state index in [4.69, 9.17) is 0 Å². The highest BCUT2D eigenvalue weighted by atomic mass is 35.5. The van der Waals surface area contributed by atoms with Crippen LogP contribution in [0.3, 0.4) is 0 Å². The molecule has 2 N–H and O–H groups in total. The minimum Gasteiger partial charge on any atom is -0.351 e. The number of rotatable bonds is 5. The normalized spacial score (nSPS) is 17.6. The third-order valence-electron chi connectivity index (χ3n) is 4.08. The Morgan fingerprint density at radius 2 is 2.00 bits per heavy atom. The summed E-state index contributed by atoms with van der Waals surface area (Å²) in [6, 6.07) is 1.49. The first-order valence-corrected chi connectivity index (χ1v) is 9.57. The second-order valence-electron chi connectivity index (χ2n) is 6.14. The topological polar surface area (TPSA) is 78.5 Å². The van der Waals surface area contributed by atoms with Gasteiger partial charge in [-0.15, -0.1) is 23.7 Å². The zero-order chi connectivity index (χ0) is 16.4. The molecule has 0 unspecified atom stereocenters. The minimum absolute atomic E-state index is 0. The van der Waals surface area contributed by atoms with Crippen LogP contribution in [0.5, 0.6) is 0 Å². The van der Waals surface area contributed by atoms with Gasteiger partial charge < -0.3 is 10.6 Å². The molecule has 0 atom stereocenters.